The Morgan fingerprint density at radius 3 is 2.65 bits per heavy atom. The smallest absolute Gasteiger partial charge is 0.335 e. The second kappa shape index (κ2) is 5.51. The van der Waals surface area contributed by atoms with Crippen molar-refractivity contribution in [2.45, 2.75) is 23.3 Å². The number of carboxylic acid groups (broad SMARTS) is 1. The predicted octanol–water partition coefficient (Wildman–Crippen LogP) is 2.49. The maximum atomic E-state index is 13.3. The number of anilines is 1. The summed E-state index contributed by atoms with van der Waals surface area (Å²) in [6.07, 6.45) is 6.89. The molecule has 0 unspecified atom stereocenters. The van der Waals surface area contributed by atoms with Gasteiger partial charge in [-0.1, -0.05) is 12.0 Å². The molecule has 1 aliphatic heterocycles. The molecule has 4 rings (SSSR count). The monoisotopic (exact) mass is 369 g/mol. The van der Waals surface area contributed by atoms with Crippen molar-refractivity contribution in [1.82, 2.24) is 0 Å². The Balaban J connectivity index is 1.86. The molecule has 1 aliphatic carbocycles. The van der Waals surface area contributed by atoms with Gasteiger partial charge in [0, 0.05) is 5.56 Å². The Hall–Kier alpha value is -2.98. The molecule has 132 valence electrons. The van der Waals surface area contributed by atoms with Crippen molar-refractivity contribution in [2.24, 2.45) is 0 Å². The molecule has 2 aromatic rings. The minimum Gasteiger partial charge on any atom is -0.483 e. The summed E-state index contributed by atoms with van der Waals surface area (Å²) in [4.78, 5) is 11.4. The van der Waals surface area contributed by atoms with Gasteiger partial charge in [0.2, 0.25) is 0 Å². The van der Waals surface area contributed by atoms with Gasteiger partial charge in [0.25, 0.3) is 10.0 Å². The van der Waals surface area contributed by atoms with Crippen LogP contribution in [-0.2, 0) is 10.0 Å². The first-order valence-electron chi connectivity index (χ1n) is 8.00. The van der Waals surface area contributed by atoms with Gasteiger partial charge in [-0.3, -0.25) is 4.31 Å². The Morgan fingerprint density at radius 1 is 1.23 bits per heavy atom. The van der Waals surface area contributed by atoms with Crippen LogP contribution in [-0.4, -0.2) is 31.6 Å². The summed E-state index contributed by atoms with van der Waals surface area (Å²) in [7, 11) is -3.92. The molecule has 0 atom stereocenters. The summed E-state index contributed by atoms with van der Waals surface area (Å²) >= 11 is 0. The molecule has 1 fully saturated rings. The Labute approximate surface area is 151 Å². The van der Waals surface area contributed by atoms with Crippen molar-refractivity contribution in [1.29, 1.82) is 0 Å². The Morgan fingerprint density at radius 2 is 2.00 bits per heavy atom. The lowest BCUT2D eigenvalue weighted by Crippen LogP contribution is -2.45. The number of carbonyl (C=O) groups is 1. The van der Waals surface area contributed by atoms with Crippen LogP contribution < -0.4 is 9.04 Å². The lowest BCUT2D eigenvalue weighted by molar-refractivity contribution is 0.0696. The standard InChI is InChI=1S/C19H15NO5S/c1-2-13-4-3-5-15(10-13)26(23,24)20-12-19(8-9-19)25-17-7-6-14(18(21)22)11-16(17)20/h1,3-7,10-11H,8-9,12H2,(H,21,22). The minimum absolute atomic E-state index is 0.00308. The van der Waals surface area contributed by atoms with Crippen LogP contribution in [0.25, 0.3) is 0 Å². The fraction of sp³-hybridized carbons (Fsp3) is 0.211. The predicted molar refractivity (Wildman–Crippen MR) is 94.9 cm³/mol. The fourth-order valence-electron chi connectivity index (χ4n) is 3.03. The number of hydrogen-bond donors (Lipinski definition) is 1. The van der Waals surface area contributed by atoms with Crippen molar-refractivity contribution >= 4 is 21.7 Å². The third-order valence-corrected chi connectivity index (χ3v) is 6.38. The summed E-state index contributed by atoms with van der Waals surface area (Å²) in [5, 5.41) is 9.24. The number of terminal acetylenes is 1. The average molecular weight is 369 g/mol. The molecule has 1 spiro atoms. The Kier molecular flexibility index (Phi) is 3.49. The van der Waals surface area contributed by atoms with Crippen molar-refractivity contribution in [3.8, 4) is 18.1 Å². The van der Waals surface area contributed by atoms with E-state index in [1.54, 1.807) is 12.1 Å². The number of rotatable bonds is 3. The largest absolute Gasteiger partial charge is 0.483 e. The first-order chi connectivity index (χ1) is 12.3. The van der Waals surface area contributed by atoms with Crippen molar-refractivity contribution in [2.75, 3.05) is 10.8 Å². The zero-order valence-corrected chi connectivity index (χ0v) is 14.5. The lowest BCUT2D eigenvalue weighted by Gasteiger charge is -2.36. The van der Waals surface area contributed by atoms with E-state index in [2.05, 4.69) is 5.92 Å². The topological polar surface area (TPSA) is 83.9 Å². The van der Waals surface area contributed by atoms with Gasteiger partial charge in [0.15, 0.2) is 0 Å². The van der Waals surface area contributed by atoms with Crippen LogP contribution in [0, 0.1) is 12.3 Å². The van der Waals surface area contributed by atoms with E-state index in [-0.39, 0.29) is 22.7 Å². The van der Waals surface area contributed by atoms with Gasteiger partial charge in [-0.05, 0) is 49.2 Å². The van der Waals surface area contributed by atoms with Gasteiger partial charge >= 0.3 is 5.97 Å². The highest BCUT2D eigenvalue weighted by Gasteiger charge is 2.52. The molecular weight excluding hydrogens is 354 g/mol. The van der Waals surface area contributed by atoms with Crippen LogP contribution in [0.5, 0.6) is 5.75 Å². The molecule has 0 amide bonds. The SMILES string of the molecule is C#Cc1cccc(S(=O)(=O)N2CC3(CC3)Oc3ccc(C(=O)O)cc32)c1. The number of ether oxygens (including phenoxy) is 1. The number of carboxylic acids is 1. The normalized spacial score (nSPS) is 17.1. The van der Waals surface area contributed by atoms with E-state index in [0.717, 1.165) is 12.8 Å². The molecule has 0 bridgehead atoms. The van der Waals surface area contributed by atoms with E-state index in [1.165, 1.54) is 34.6 Å². The third kappa shape index (κ3) is 2.59. The van der Waals surface area contributed by atoms with Crippen LogP contribution in [0.1, 0.15) is 28.8 Å². The lowest BCUT2D eigenvalue weighted by atomic mass is 10.1. The van der Waals surface area contributed by atoms with Crippen LogP contribution in [0.4, 0.5) is 5.69 Å². The quantitative estimate of drug-likeness (QED) is 0.841. The zero-order valence-electron chi connectivity index (χ0n) is 13.7. The second-order valence-corrected chi connectivity index (χ2v) is 8.32. The minimum atomic E-state index is -3.92. The van der Waals surface area contributed by atoms with Gasteiger partial charge in [-0.15, -0.1) is 6.42 Å². The van der Waals surface area contributed by atoms with E-state index in [0.29, 0.717) is 11.3 Å². The van der Waals surface area contributed by atoms with Crippen LogP contribution in [0.15, 0.2) is 47.4 Å². The van der Waals surface area contributed by atoms with Gasteiger partial charge in [-0.25, -0.2) is 13.2 Å². The molecule has 0 saturated heterocycles. The number of fused-ring (bicyclic) bond motifs is 1. The number of benzene rings is 2. The van der Waals surface area contributed by atoms with Crippen LogP contribution in [0.3, 0.4) is 0 Å². The van der Waals surface area contributed by atoms with Gasteiger partial charge in [0.05, 0.1) is 22.7 Å². The highest BCUT2D eigenvalue weighted by atomic mass is 32.2. The molecule has 1 heterocycles. The van der Waals surface area contributed by atoms with Crippen molar-refractivity contribution in [3.05, 3.63) is 53.6 Å². The highest BCUT2D eigenvalue weighted by molar-refractivity contribution is 7.92. The average Bonchev–Trinajstić information content (AvgIpc) is 3.39. The summed E-state index contributed by atoms with van der Waals surface area (Å²) in [5.41, 5.74) is 0.152. The van der Waals surface area contributed by atoms with Gasteiger partial charge in [0.1, 0.15) is 11.4 Å². The van der Waals surface area contributed by atoms with Crippen molar-refractivity contribution < 1.29 is 23.1 Å². The van der Waals surface area contributed by atoms with E-state index in [9.17, 15) is 18.3 Å². The molecule has 2 aliphatic rings. The summed E-state index contributed by atoms with van der Waals surface area (Å²) in [5.74, 6) is 1.67. The van der Waals surface area contributed by atoms with Gasteiger partial charge in [-0.2, -0.15) is 0 Å². The number of sulfonamides is 1. The molecule has 26 heavy (non-hydrogen) atoms. The first-order valence-corrected chi connectivity index (χ1v) is 9.44. The fourth-order valence-corrected chi connectivity index (χ4v) is 4.62. The number of hydrogen-bond acceptors (Lipinski definition) is 4. The second-order valence-electron chi connectivity index (χ2n) is 6.46. The summed E-state index contributed by atoms with van der Waals surface area (Å²) < 4.78 is 33.7. The molecule has 0 radical (unpaired) electrons. The summed E-state index contributed by atoms with van der Waals surface area (Å²) in [6.45, 7) is 0.145. The van der Waals surface area contributed by atoms with Crippen LogP contribution >= 0.6 is 0 Å². The zero-order chi connectivity index (χ0) is 18.5. The number of aromatic carboxylic acids is 1. The molecule has 7 heteroatoms. The molecule has 2 aromatic carbocycles. The van der Waals surface area contributed by atoms with E-state index < -0.39 is 21.6 Å². The summed E-state index contributed by atoms with van der Waals surface area (Å²) in [6, 6.07) is 10.4. The van der Waals surface area contributed by atoms with E-state index in [4.69, 9.17) is 11.2 Å². The molecule has 1 N–H and O–H groups in total. The molecule has 6 nitrogen and oxygen atoms in total. The molecular formula is C19H15NO5S. The van der Waals surface area contributed by atoms with Crippen molar-refractivity contribution in [3.63, 3.8) is 0 Å². The number of nitrogens with zero attached hydrogens (tertiary/aromatic N) is 1. The maximum absolute atomic E-state index is 13.3. The third-order valence-electron chi connectivity index (χ3n) is 4.63. The highest BCUT2D eigenvalue weighted by Crippen LogP contribution is 2.50. The Bertz CT molecular complexity index is 1060. The molecule has 0 aromatic heterocycles. The van der Waals surface area contributed by atoms with Gasteiger partial charge < -0.3 is 9.84 Å². The first kappa shape index (κ1) is 16.5. The van der Waals surface area contributed by atoms with E-state index >= 15 is 0 Å². The maximum Gasteiger partial charge on any atom is 0.335 e. The van der Waals surface area contributed by atoms with Crippen LogP contribution in [0.2, 0.25) is 0 Å². The van der Waals surface area contributed by atoms with E-state index in [1.807, 2.05) is 0 Å². The molecule has 1 saturated carbocycles.